The van der Waals surface area contributed by atoms with Gasteiger partial charge in [0.2, 0.25) is 0 Å². The van der Waals surface area contributed by atoms with Gasteiger partial charge in [-0.2, -0.15) is 0 Å². The summed E-state index contributed by atoms with van der Waals surface area (Å²) in [5, 5.41) is 3.81. The second-order valence-electron chi connectivity index (χ2n) is 6.24. The van der Waals surface area contributed by atoms with Gasteiger partial charge in [0.05, 0.1) is 0 Å². The van der Waals surface area contributed by atoms with Gasteiger partial charge in [-0.3, -0.25) is 0 Å². The van der Waals surface area contributed by atoms with Crippen LogP contribution in [0, 0.1) is 13.8 Å². The van der Waals surface area contributed by atoms with E-state index in [1.165, 1.54) is 53.3 Å². The van der Waals surface area contributed by atoms with Crippen molar-refractivity contribution >= 4 is 15.9 Å². The molecule has 0 aliphatic rings. The summed E-state index contributed by atoms with van der Waals surface area (Å²) >= 11 is 3.57. The van der Waals surface area contributed by atoms with E-state index in [0.717, 1.165) is 6.54 Å². The van der Waals surface area contributed by atoms with Gasteiger partial charge in [0.15, 0.2) is 0 Å². The number of hydrogen-bond donors (Lipinski definition) is 1. The van der Waals surface area contributed by atoms with Crippen LogP contribution in [0.4, 0.5) is 0 Å². The Morgan fingerprint density at radius 2 is 1.70 bits per heavy atom. The van der Waals surface area contributed by atoms with Crippen molar-refractivity contribution in [2.24, 2.45) is 0 Å². The SMILES string of the molecule is CCCCCC(C)(CC)NCc1c(C)cc(Br)cc1C. The lowest BCUT2D eigenvalue weighted by Gasteiger charge is -2.31. The van der Waals surface area contributed by atoms with Gasteiger partial charge < -0.3 is 5.32 Å². The van der Waals surface area contributed by atoms with E-state index in [1.54, 1.807) is 0 Å². The molecule has 0 spiro atoms. The van der Waals surface area contributed by atoms with E-state index < -0.39 is 0 Å². The highest BCUT2D eigenvalue weighted by atomic mass is 79.9. The molecule has 0 bridgehead atoms. The van der Waals surface area contributed by atoms with Crippen LogP contribution in [0.25, 0.3) is 0 Å². The fraction of sp³-hybridized carbons (Fsp3) is 0.667. The summed E-state index contributed by atoms with van der Waals surface area (Å²) in [6.45, 7) is 12.3. The topological polar surface area (TPSA) is 12.0 Å². The van der Waals surface area contributed by atoms with Crippen molar-refractivity contribution in [3.63, 3.8) is 0 Å². The summed E-state index contributed by atoms with van der Waals surface area (Å²) in [5.41, 5.74) is 4.46. The molecule has 1 rings (SSSR count). The second kappa shape index (κ2) is 8.19. The third-order valence-electron chi connectivity index (χ3n) is 4.47. The molecule has 0 amide bonds. The molecule has 0 heterocycles. The molecule has 0 fully saturated rings. The molecule has 2 heteroatoms. The fourth-order valence-electron chi connectivity index (χ4n) is 2.68. The zero-order valence-electron chi connectivity index (χ0n) is 13.8. The highest BCUT2D eigenvalue weighted by Gasteiger charge is 2.21. The van der Waals surface area contributed by atoms with Crippen LogP contribution in [0.15, 0.2) is 16.6 Å². The highest BCUT2D eigenvalue weighted by molar-refractivity contribution is 9.10. The molecule has 1 nitrogen and oxygen atoms in total. The van der Waals surface area contributed by atoms with Crippen LogP contribution in [-0.2, 0) is 6.54 Å². The number of unbranched alkanes of at least 4 members (excludes halogenated alkanes) is 2. The first-order valence-electron chi connectivity index (χ1n) is 7.92. The molecular formula is C18H30BrN. The van der Waals surface area contributed by atoms with E-state index in [9.17, 15) is 0 Å². The van der Waals surface area contributed by atoms with Crippen LogP contribution in [-0.4, -0.2) is 5.54 Å². The largest absolute Gasteiger partial charge is 0.307 e. The zero-order chi connectivity index (χ0) is 15.2. The molecule has 20 heavy (non-hydrogen) atoms. The van der Waals surface area contributed by atoms with Gasteiger partial charge in [0.1, 0.15) is 0 Å². The molecule has 0 radical (unpaired) electrons. The van der Waals surface area contributed by atoms with Crippen molar-refractivity contribution in [2.75, 3.05) is 0 Å². The Kier molecular flexibility index (Phi) is 7.25. The third kappa shape index (κ3) is 5.21. The Balaban J connectivity index is 2.69. The number of halogens is 1. The van der Waals surface area contributed by atoms with Crippen molar-refractivity contribution < 1.29 is 0 Å². The second-order valence-corrected chi connectivity index (χ2v) is 7.16. The highest BCUT2D eigenvalue weighted by Crippen LogP contribution is 2.23. The first-order chi connectivity index (χ1) is 9.41. The third-order valence-corrected chi connectivity index (χ3v) is 4.92. The van der Waals surface area contributed by atoms with Crippen LogP contribution in [0.3, 0.4) is 0 Å². The van der Waals surface area contributed by atoms with Gasteiger partial charge in [0, 0.05) is 16.6 Å². The Morgan fingerprint density at radius 1 is 1.10 bits per heavy atom. The summed E-state index contributed by atoms with van der Waals surface area (Å²) in [4.78, 5) is 0. The van der Waals surface area contributed by atoms with Crippen LogP contribution in [0.5, 0.6) is 0 Å². The smallest absolute Gasteiger partial charge is 0.0215 e. The average molecular weight is 340 g/mol. The van der Waals surface area contributed by atoms with Crippen LogP contribution < -0.4 is 5.32 Å². The lowest BCUT2D eigenvalue weighted by atomic mass is 9.90. The van der Waals surface area contributed by atoms with Crippen LogP contribution in [0.2, 0.25) is 0 Å². The maximum Gasteiger partial charge on any atom is 0.0215 e. The number of rotatable bonds is 8. The summed E-state index contributed by atoms with van der Waals surface area (Å²) in [6, 6.07) is 4.43. The Hall–Kier alpha value is -0.340. The van der Waals surface area contributed by atoms with E-state index in [1.807, 2.05) is 0 Å². The molecule has 0 saturated carbocycles. The molecule has 1 aromatic carbocycles. The zero-order valence-corrected chi connectivity index (χ0v) is 15.4. The minimum absolute atomic E-state index is 0.265. The molecule has 114 valence electrons. The van der Waals surface area contributed by atoms with Gasteiger partial charge in [-0.1, -0.05) is 49.0 Å². The monoisotopic (exact) mass is 339 g/mol. The lowest BCUT2D eigenvalue weighted by Crippen LogP contribution is -2.41. The Labute approximate surface area is 133 Å². The van der Waals surface area contributed by atoms with E-state index in [2.05, 4.69) is 68.0 Å². The Bertz CT molecular complexity index is 404. The van der Waals surface area contributed by atoms with Gasteiger partial charge in [0.25, 0.3) is 0 Å². The minimum atomic E-state index is 0.265. The summed E-state index contributed by atoms with van der Waals surface area (Å²) in [5.74, 6) is 0. The number of nitrogens with one attached hydrogen (secondary N) is 1. The van der Waals surface area contributed by atoms with Crippen molar-refractivity contribution in [3.05, 3.63) is 33.3 Å². The van der Waals surface area contributed by atoms with E-state index in [-0.39, 0.29) is 5.54 Å². The normalized spacial score (nSPS) is 14.3. The van der Waals surface area contributed by atoms with Gasteiger partial charge in [-0.05, 0) is 62.4 Å². The number of benzene rings is 1. The minimum Gasteiger partial charge on any atom is -0.307 e. The molecule has 1 N–H and O–H groups in total. The first kappa shape index (κ1) is 17.7. The molecule has 1 atom stereocenters. The average Bonchev–Trinajstić information content (AvgIpc) is 2.37. The van der Waals surface area contributed by atoms with Crippen molar-refractivity contribution in [3.8, 4) is 0 Å². The summed E-state index contributed by atoms with van der Waals surface area (Å²) in [7, 11) is 0. The summed E-state index contributed by atoms with van der Waals surface area (Å²) in [6.07, 6.45) is 6.42. The first-order valence-corrected chi connectivity index (χ1v) is 8.72. The lowest BCUT2D eigenvalue weighted by molar-refractivity contribution is 0.306. The van der Waals surface area contributed by atoms with Gasteiger partial charge in [-0.15, -0.1) is 0 Å². The quantitative estimate of drug-likeness (QED) is 0.581. The van der Waals surface area contributed by atoms with E-state index in [0.29, 0.717) is 0 Å². The fourth-order valence-corrected chi connectivity index (χ4v) is 3.36. The molecule has 1 aromatic rings. The molecule has 1 unspecified atom stereocenters. The van der Waals surface area contributed by atoms with E-state index >= 15 is 0 Å². The number of aryl methyl sites for hydroxylation is 2. The standard InChI is InChI=1S/C18H30BrN/c1-6-8-9-10-18(5,7-2)20-13-17-14(3)11-16(19)12-15(17)4/h11-12,20H,6-10,13H2,1-5H3. The molecule has 0 aliphatic heterocycles. The maximum atomic E-state index is 3.81. The van der Waals surface area contributed by atoms with Crippen molar-refractivity contribution in [2.45, 2.75) is 78.8 Å². The summed E-state index contributed by atoms with van der Waals surface area (Å²) < 4.78 is 1.18. The predicted octanol–water partition coefficient (Wildman–Crippen LogP) is 5.90. The Morgan fingerprint density at radius 3 is 2.20 bits per heavy atom. The maximum absolute atomic E-state index is 3.81. The molecule has 0 saturated heterocycles. The van der Waals surface area contributed by atoms with Crippen LogP contribution in [0.1, 0.15) is 69.6 Å². The molecular weight excluding hydrogens is 310 g/mol. The predicted molar refractivity (Wildman–Crippen MR) is 93.3 cm³/mol. The number of hydrogen-bond acceptors (Lipinski definition) is 1. The van der Waals surface area contributed by atoms with Gasteiger partial charge >= 0.3 is 0 Å². The van der Waals surface area contributed by atoms with Crippen molar-refractivity contribution in [1.29, 1.82) is 0 Å². The van der Waals surface area contributed by atoms with E-state index in [4.69, 9.17) is 0 Å². The van der Waals surface area contributed by atoms with Crippen molar-refractivity contribution in [1.82, 2.24) is 5.32 Å². The molecule has 0 aromatic heterocycles. The molecule has 0 aliphatic carbocycles. The van der Waals surface area contributed by atoms with Crippen LogP contribution >= 0.6 is 15.9 Å². The van der Waals surface area contributed by atoms with Gasteiger partial charge in [-0.25, -0.2) is 0 Å².